The lowest BCUT2D eigenvalue weighted by Crippen LogP contribution is -2.45. The summed E-state index contributed by atoms with van der Waals surface area (Å²) in [5, 5.41) is 0. The summed E-state index contributed by atoms with van der Waals surface area (Å²) in [5.74, 6) is 0.0298. The highest BCUT2D eigenvalue weighted by molar-refractivity contribution is 9.10. The summed E-state index contributed by atoms with van der Waals surface area (Å²) in [6.45, 7) is 6.37. The SMILES string of the molecule is CN1CCN(CCCN(C)C(=O)c2cncc(Br)c2)CC1. The second-order valence-corrected chi connectivity index (χ2v) is 6.53. The van der Waals surface area contributed by atoms with E-state index in [2.05, 4.69) is 37.8 Å². The summed E-state index contributed by atoms with van der Waals surface area (Å²) in [7, 11) is 4.02. The highest BCUT2D eigenvalue weighted by Gasteiger charge is 2.15. The molecular weight excluding hydrogens is 332 g/mol. The number of amides is 1. The molecule has 116 valence electrons. The van der Waals surface area contributed by atoms with Crippen molar-refractivity contribution in [1.82, 2.24) is 19.7 Å². The second-order valence-electron chi connectivity index (χ2n) is 5.62. The van der Waals surface area contributed by atoms with Gasteiger partial charge in [0, 0.05) is 56.6 Å². The summed E-state index contributed by atoms with van der Waals surface area (Å²) in [5.41, 5.74) is 0.631. The number of hydrogen-bond acceptors (Lipinski definition) is 4. The van der Waals surface area contributed by atoms with Crippen molar-refractivity contribution in [1.29, 1.82) is 0 Å². The minimum atomic E-state index is 0.0298. The number of halogens is 1. The van der Waals surface area contributed by atoms with Gasteiger partial charge in [-0.3, -0.25) is 9.78 Å². The maximum Gasteiger partial charge on any atom is 0.255 e. The Morgan fingerprint density at radius 3 is 2.71 bits per heavy atom. The van der Waals surface area contributed by atoms with Crippen molar-refractivity contribution in [2.45, 2.75) is 6.42 Å². The van der Waals surface area contributed by atoms with Crippen molar-refractivity contribution in [3.63, 3.8) is 0 Å². The lowest BCUT2D eigenvalue weighted by Gasteiger charge is -2.32. The van der Waals surface area contributed by atoms with E-state index in [9.17, 15) is 4.79 Å². The molecule has 21 heavy (non-hydrogen) atoms. The van der Waals surface area contributed by atoms with Crippen molar-refractivity contribution in [3.8, 4) is 0 Å². The van der Waals surface area contributed by atoms with Gasteiger partial charge in [-0.2, -0.15) is 0 Å². The van der Waals surface area contributed by atoms with Gasteiger partial charge >= 0.3 is 0 Å². The van der Waals surface area contributed by atoms with Crippen LogP contribution in [0.25, 0.3) is 0 Å². The third kappa shape index (κ3) is 5.05. The molecule has 0 saturated carbocycles. The van der Waals surface area contributed by atoms with Crippen molar-refractivity contribution in [3.05, 3.63) is 28.5 Å². The fraction of sp³-hybridized carbons (Fsp3) is 0.600. The molecule has 5 nitrogen and oxygen atoms in total. The van der Waals surface area contributed by atoms with Gasteiger partial charge in [-0.1, -0.05) is 0 Å². The molecule has 0 atom stereocenters. The van der Waals surface area contributed by atoms with E-state index in [1.807, 2.05) is 13.1 Å². The van der Waals surface area contributed by atoms with Gasteiger partial charge in [0.1, 0.15) is 0 Å². The highest BCUT2D eigenvalue weighted by Crippen LogP contribution is 2.11. The predicted molar refractivity (Wildman–Crippen MR) is 87.5 cm³/mol. The fourth-order valence-electron chi connectivity index (χ4n) is 2.45. The molecule has 1 aliphatic rings. The van der Waals surface area contributed by atoms with E-state index in [0.717, 1.165) is 50.2 Å². The molecule has 1 aromatic rings. The van der Waals surface area contributed by atoms with Gasteiger partial charge in [-0.15, -0.1) is 0 Å². The number of nitrogens with zero attached hydrogens (tertiary/aromatic N) is 4. The van der Waals surface area contributed by atoms with E-state index in [1.165, 1.54) is 0 Å². The third-order valence-electron chi connectivity index (χ3n) is 3.86. The summed E-state index contributed by atoms with van der Waals surface area (Å²) < 4.78 is 0.833. The predicted octanol–water partition coefficient (Wildman–Crippen LogP) is 1.55. The molecule has 0 bridgehead atoms. The zero-order valence-corrected chi connectivity index (χ0v) is 14.3. The summed E-state index contributed by atoms with van der Waals surface area (Å²) >= 11 is 3.35. The Kier molecular flexibility index (Phi) is 6.14. The molecular formula is C15H23BrN4O. The topological polar surface area (TPSA) is 39.7 Å². The average molecular weight is 355 g/mol. The minimum Gasteiger partial charge on any atom is -0.342 e. The Balaban J connectivity index is 1.74. The Bertz CT molecular complexity index is 474. The van der Waals surface area contributed by atoms with Gasteiger partial charge < -0.3 is 14.7 Å². The lowest BCUT2D eigenvalue weighted by atomic mass is 10.2. The standard InChI is InChI=1S/C15H23BrN4O/c1-18-6-8-20(9-7-18)5-3-4-19(2)15(21)13-10-14(16)12-17-11-13/h10-12H,3-9H2,1-2H3. The number of carbonyl (C=O) groups excluding carboxylic acids is 1. The highest BCUT2D eigenvalue weighted by atomic mass is 79.9. The molecule has 0 unspecified atom stereocenters. The van der Waals surface area contributed by atoms with Crippen LogP contribution in [-0.2, 0) is 0 Å². The summed E-state index contributed by atoms with van der Waals surface area (Å²) in [4.78, 5) is 22.9. The van der Waals surface area contributed by atoms with Crippen LogP contribution in [0.15, 0.2) is 22.9 Å². The van der Waals surface area contributed by atoms with Crippen molar-refractivity contribution in [2.75, 3.05) is 53.4 Å². The maximum absolute atomic E-state index is 12.3. The van der Waals surface area contributed by atoms with E-state index in [4.69, 9.17) is 0 Å². The first kappa shape index (κ1) is 16.4. The Labute approximate surface area is 135 Å². The van der Waals surface area contributed by atoms with Crippen LogP contribution >= 0.6 is 15.9 Å². The number of piperazine rings is 1. The molecule has 6 heteroatoms. The summed E-state index contributed by atoms with van der Waals surface area (Å²) in [6.07, 6.45) is 4.31. The van der Waals surface area contributed by atoms with Crippen molar-refractivity contribution in [2.24, 2.45) is 0 Å². The molecule has 1 amide bonds. The van der Waals surface area contributed by atoms with Crippen molar-refractivity contribution < 1.29 is 4.79 Å². The molecule has 1 aliphatic heterocycles. The maximum atomic E-state index is 12.3. The number of aromatic nitrogens is 1. The van der Waals surface area contributed by atoms with Crippen LogP contribution in [0.5, 0.6) is 0 Å². The molecule has 0 aliphatic carbocycles. The molecule has 2 rings (SSSR count). The fourth-order valence-corrected chi connectivity index (χ4v) is 2.82. The zero-order valence-electron chi connectivity index (χ0n) is 12.8. The number of likely N-dealkylation sites (N-methyl/N-ethyl adjacent to an activating group) is 1. The Hall–Kier alpha value is -0.980. The van der Waals surface area contributed by atoms with E-state index in [1.54, 1.807) is 17.3 Å². The Morgan fingerprint density at radius 2 is 2.05 bits per heavy atom. The molecule has 1 saturated heterocycles. The lowest BCUT2D eigenvalue weighted by molar-refractivity contribution is 0.0782. The molecule has 0 spiro atoms. The first-order valence-corrected chi connectivity index (χ1v) is 8.12. The van der Waals surface area contributed by atoms with Gasteiger partial charge in [0.2, 0.25) is 0 Å². The van der Waals surface area contributed by atoms with E-state index in [-0.39, 0.29) is 5.91 Å². The quantitative estimate of drug-likeness (QED) is 0.804. The van der Waals surface area contributed by atoms with E-state index >= 15 is 0 Å². The molecule has 1 fully saturated rings. The number of pyridine rings is 1. The number of hydrogen-bond donors (Lipinski definition) is 0. The number of carbonyl (C=O) groups is 1. The molecule has 0 radical (unpaired) electrons. The first-order valence-electron chi connectivity index (χ1n) is 7.33. The molecule has 1 aromatic heterocycles. The molecule has 0 aromatic carbocycles. The van der Waals surface area contributed by atoms with Crippen LogP contribution in [0.3, 0.4) is 0 Å². The largest absolute Gasteiger partial charge is 0.342 e. The van der Waals surface area contributed by atoms with Crippen LogP contribution in [0.1, 0.15) is 16.8 Å². The van der Waals surface area contributed by atoms with Crippen LogP contribution < -0.4 is 0 Å². The van der Waals surface area contributed by atoms with Gasteiger partial charge in [0.25, 0.3) is 5.91 Å². The van der Waals surface area contributed by atoms with E-state index in [0.29, 0.717) is 5.56 Å². The van der Waals surface area contributed by atoms with Crippen LogP contribution in [0.4, 0.5) is 0 Å². The van der Waals surface area contributed by atoms with Crippen molar-refractivity contribution >= 4 is 21.8 Å². The van der Waals surface area contributed by atoms with Crippen LogP contribution in [0.2, 0.25) is 0 Å². The zero-order chi connectivity index (χ0) is 15.2. The number of rotatable bonds is 5. The minimum absolute atomic E-state index is 0.0298. The van der Waals surface area contributed by atoms with Gasteiger partial charge in [0.15, 0.2) is 0 Å². The van der Waals surface area contributed by atoms with E-state index < -0.39 is 0 Å². The van der Waals surface area contributed by atoms with Gasteiger partial charge in [0.05, 0.1) is 5.56 Å². The Morgan fingerprint density at radius 1 is 1.33 bits per heavy atom. The van der Waals surface area contributed by atoms with Crippen LogP contribution in [0, 0.1) is 0 Å². The normalized spacial score (nSPS) is 16.9. The van der Waals surface area contributed by atoms with Gasteiger partial charge in [-0.05, 0) is 42.0 Å². The molecule has 0 N–H and O–H groups in total. The van der Waals surface area contributed by atoms with Gasteiger partial charge in [-0.25, -0.2) is 0 Å². The smallest absolute Gasteiger partial charge is 0.255 e. The van der Waals surface area contributed by atoms with Crippen LogP contribution in [-0.4, -0.2) is 79.0 Å². The first-order chi connectivity index (χ1) is 10.1. The molecule has 2 heterocycles. The second kappa shape index (κ2) is 7.87. The average Bonchev–Trinajstić information content (AvgIpc) is 2.48. The summed E-state index contributed by atoms with van der Waals surface area (Å²) in [6, 6.07) is 1.81. The monoisotopic (exact) mass is 354 g/mol. The third-order valence-corrected chi connectivity index (χ3v) is 4.30.